The zero-order valence-corrected chi connectivity index (χ0v) is 47.0. The van der Waals surface area contributed by atoms with Crippen molar-refractivity contribution in [3.63, 3.8) is 0 Å². The molecule has 7 aromatic carbocycles. The molecule has 72 heavy (non-hydrogen) atoms. The number of anilines is 6. The standard InChI is InChI=1S/C69H79BN2/c1-42-31-60-62-61(32-42)72(51-34-45(43-19-23-47(24-20-43)63(2,3)4)33-46(35-51)44-21-25-48(26-22-44)64(5,6)7)58-30-27-49(65(8,9)10)36-56(58)70(62)57-38-54-55(69(17,18)41-68(54,15)16)39-59(57)71(60)50-28-29-52-53(37-50)67(13,14)40-66(52,11)12/h19-39H,40-41H2,1-18H3. The first-order valence-electron chi connectivity index (χ1n) is 27.0. The lowest BCUT2D eigenvalue weighted by atomic mass is 9.33. The highest BCUT2D eigenvalue weighted by molar-refractivity contribution is 7.00. The number of rotatable bonds is 4. The second-order valence-electron chi connectivity index (χ2n) is 28.3. The number of fused-ring (bicyclic) bond motifs is 6. The predicted molar refractivity (Wildman–Crippen MR) is 314 cm³/mol. The fourth-order valence-corrected chi connectivity index (χ4v) is 14.1. The van der Waals surface area contributed by atoms with Crippen LogP contribution in [0.25, 0.3) is 22.3 Å². The molecule has 0 amide bonds. The van der Waals surface area contributed by atoms with Gasteiger partial charge in [-0.05, 0) is 195 Å². The van der Waals surface area contributed by atoms with E-state index in [0.717, 1.165) is 12.8 Å². The zero-order chi connectivity index (χ0) is 51.6. The molecule has 0 aromatic heterocycles. The minimum Gasteiger partial charge on any atom is -0.311 e. The third-order valence-corrected chi connectivity index (χ3v) is 17.5. The van der Waals surface area contributed by atoms with Crippen molar-refractivity contribution in [3.05, 3.63) is 172 Å². The normalized spacial score (nSPS) is 17.8. The lowest BCUT2D eigenvalue weighted by Gasteiger charge is -2.45. The Bertz CT molecular complexity index is 3280. The fourth-order valence-electron chi connectivity index (χ4n) is 14.1. The van der Waals surface area contributed by atoms with Crippen LogP contribution in [0, 0.1) is 6.92 Å². The lowest BCUT2D eigenvalue weighted by Crippen LogP contribution is -2.61. The summed E-state index contributed by atoms with van der Waals surface area (Å²) in [5.74, 6) is 0. The number of nitrogens with zero attached hydrogens (tertiary/aromatic N) is 2. The maximum atomic E-state index is 2.69. The van der Waals surface area contributed by atoms with Crippen molar-refractivity contribution in [3.8, 4) is 22.3 Å². The van der Waals surface area contributed by atoms with Crippen molar-refractivity contribution >= 4 is 57.2 Å². The molecular formula is C69H79BN2. The maximum Gasteiger partial charge on any atom is 0.252 e. The van der Waals surface area contributed by atoms with E-state index in [1.807, 2.05) is 0 Å². The topological polar surface area (TPSA) is 6.48 Å². The average molecular weight is 947 g/mol. The van der Waals surface area contributed by atoms with E-state index in [-0.39, 0.29) is 44.6 Å². The Balaban J connectivity index is 1.22. The van der Waals surface area contributed by atoms with Gasteiger partial charge in [-0.1, -0.05) is 190 Å². The first-order chi connectivity index (χ1) is 33.4. The van der Waals surface area contributed by atoms with E-state index in [2.05, 4.69) is 262 Å². The summed E-state index contributed by atoms with van der Waals surface area (Å²) in [5, 5.41) is 0. The predicted octanol–water partition coefficient (Wildman–Crippen LogP) is 17.2. The summed E-state index contributed by atoms with van der Waals surface area (Å²) in [4.78, 5) is 5.33. The van der Waals surface area contributed by atoms with Crippen LogP contribution in [-0.4, -0.2) is 6.71 Å². The van der Waals surface area contributed by atoms with Crippen molar-refractivity contribution < 1.29 is 0 Å². The highest BCUT2D eigenvalue weighted by Crippen LogP contribution is 2.55. The Morgan fingerprint density at radius 2 is 0.792 bits per heavy atom. The molecule has 3 heteroatoms. The molecule has 0 saturated heterocycles. The number of benzene rings is 7. The molecule has 0 fully saturated rings. The molecule has 11 rings (SSSR count). The van der Waals surface area contributed by atoms with E-state index < -0.39 is 0 Å². The molecule has 0 atom stereocenters. The fraction of sp³-hybridized carbons (Fsp3) is 0.391. The summed E-state index contributed by atoms with van der Waals surface area (Å²) >= 11 is 0. The Labute approximate surface area is 434 Å². The Morgan fingerprint density at radius 3 is 1.29 bits per heavy atom. The summed E-state index contributed by atoms with van der Waals surface area (Å²) in [6.07, 6.45) is 2.26. The third-order valence-electron chi connectivity index (χ3n) is 17.5. The summed E-state index contributed by atoms with van der Waals surface area (Å²) < 4.78 is 0. The van der Waals surface area contributed by atoms with Gasteiger partial charge in [0.2, 0.25) is 0 Å². The second kappa shape index (κ2) is 15.6. The van der Waals surface area contributed by atoms with Crippen molar-refractivity contribution in [2.24, 2.45) is 0 Å². The molecule has 0 N–H and O–H groups in total. The molecule has 2 heterocycles. The van der Waals surface area contributed by atoms with E-state index in [0.29, 0.717) is 0 Å². The van der Waals surface area contributed by atoms with Gasteiger partial charge in [0.15, 0.2) is 0 Å². The molecule has 0 bridgehead atoms. The summed E-state index contributed by atoms with van der Waals surface area (Å²) in [6.45, 7) is 43.0. The van der Waals surface area contributed by atoms with Gasteiger partial charge in [0.1, 0.15) is 0 Å². The van der Waals surface area contributed by atoms with Crippen molar-refractivity contribution in [2.75, 3.05) is 9.80 Å². The van der Waals surface area contributed by atoms with Crippen LogP contribution in [0.15, 0.2) is 127 Å². The molecule has 2 aliphatic carbocycles. The van der Waals surface area contributed by atoms with Crippen LogP contribution >= 0.6 is 0 Å². The van der Waals surface area contributed by atoms with Gasteiger partial charge >= 0.3 is 0 Å². The van der Waals surface area contributed by atoms with Crippen molar-refractivity contribution in [1.29, 1.82) is 0 Å². The van der Waals surface area contributed by atoms with E-state index in [1.165, 1.54) is 117 Å². The molecule has 2 nitrogen and oxygen atoms in total. The monoisotopic (exact) mass is 947 g/mol. The largest absolute Gasteiger partial charge is 0.311 e. The van der Waals surface area contributed by atoms with Crippen LogP contribution < -0.4 is 26.2 Å². The quantitative estimate of drug-likeness (QED) is 0.162. The maximum absolute atomic E-state index is 2.69. The Kier molecular flexibility index (Phi) is 10.5. The Hall–Kier alpha value is -5.80. The van der Waals surface area contributed by atoms with Gasteiger partial charge in [0, 0.05) is 34.1 Å². The third kappa shape index (κ3) is 7.73. The molecule has 7 aromatic rings. The summed E-state index contributed by atoms with van der Waals surface area (Å²) in [7, 11) is 0. The minimum atomic E-state index is -0.0414. The highest BCUT2D eigenvalue weighted by atomic mass is 15.2. The van der Waals surface area contributed by atoms with Crippen molar-refractivity contribution in [1.82, 2.24) is 0 Å². The minimum absolute atomic E-state index is 0.0301. The average Bonchev–Trinajstić information content (AvgIpc) is 3.60. The van der Waals surface area contributed by atoms with Crippen molar-refractivity contribution in [2.45, 2.75) is 175 Å². The van der Waals surface area contributed by atoms with Gasteiger partial charge in [-0.15, -0.1) is 0 Å². The molecule has 368 valence electrons. The highest BCUT2D eigenvalue weighted by Gasteiger charge is 2.49. The van der Waals surface area contributed by atoms with Gasteiger partial charge < -0.3 is 9.80 Å². The molecule has 4 aliphatic rings. The first kappa shape index (κ1) is 48.5. The van der Waals surface area contributed by atoms with Crippen LogP contribution in [0.4, 0.5) is 34.1 Å². The van der Waals surface area contributed by atoms with E-state index in [4.69, 9.17) is 0 Å². The molecule has 0 radical (unpaired) electrons. The van der Waals surface area contributed by atoms with Crippen LogP contribution in [0.5, 0.6) is 0 Å². The zero-order valence-electron chi connectivity index (χ0n) is 47.0. The van der Waals surface area contributed by atoms with Gasteiger partial charge in [-0.2, -0.15) is 0 Å². The number of hydrogen-bond acceptors (Lipinski definition) is 2. The van der Waals surface area contributed by atoms with Crippen LogP contribution in [0.2, 0.25) is 0 Å². The molecule has 0 spiro atoms. The summed E-state index contributed by atoms with van der Waals surface area (Å²) in [5.41, 5.74) is 28.3. The number of aryl methyl sites for hydroxylation is 1. The molecular weight excluding hydrogens is 868 g/mol. The number of hydrogen-bond donors (Lipinski definition) is 0. The second-order valence-corrected chi connectivity index (χ2v) is 28.3. The van der Waals surface area contributed by atoms with Crippen LogP contribution in [0.3, 0.4) is 0 Å². The Morgan fingerprint density at radius 1 is 0.361 bits per heavy atom. The molecule has 2 aliphatic heterocycles. The van der Waals surface area contributed by atoms with E-state index >= 15 is 0 Å². The van der Waals surface area contributed by atoms with E-state index in [1.54, 1.807) is 0 Å². The first-order valence-corrected chi connectivity index (χ1v) is 27.0. The smallest absolute Gasteiger partial charge is 0.252 e. The summed E-state index contributed by atoms with van der Waals surface area (Å²) in [6, 6.07) is 51.3. The van der Waals surface area contributed by atoms with Gasteiger partial charge in [-0.3, -0.25) is 0 Å². The van der Waals surface area contributed by atoms with Crippen LogP contribution in [0.1, 0.15) is 175 Å². The van der Waals surface area contributed by atoms with Gasteiger partial charge in [0.25, 0.3) is 6.71 Å². The van der Waals surface area contributed by atoms with Gasteiger partial charge in [0.05, 0.1) is 0 Å². The molecule has 0 saturated carbocycles. The SMILES string of the molecule is Cc1cc2c3c(c1)N(c1ccc4c(c1)C(C)(C)CC4(C)C)c1cc4c(cc1B3c1cc(C(C)(C)C)ccc1N2c1cc(-c2ccc(C(C)(C)C)cc2)cc(-c2ccc(C(C)(C)C)cc2)c1)C(C)(C)CC4(C)C. The van der Waals surface area contributed by atoms with Gasteiger partial charge in [-0.25, -0.2) is 0 Å². The van der Waals surface area contributed by atoms with Crippen LogP contribution in [-0.2, 0) is 37.9 Å². The lowest BCUT2D eigenvalue weighted by molar-refractivity contribution is 0.403. The molecule has 0 unspecified atom stereocenters. The van der Waals surface area contributed by atoms with E-state index in [9.17, 15) is 0 Å².